The molecule has 0 aliphatic carbocycles. The van der Waals surface area contributed by atoms with Gasteiger partial charge in [0.05, 0.1) is 18.9 Å². The first kappa shape index (κ1) is 17.4. The normalized spacial score (nSPS) is 24.8. The summed E-state index contributed by atoms with van der Waals surface area (Å²) in [6.07, 6.45) is 1.00. The van der Waals surface area contributed by atoms with Gasteiger partial charge in [-0.2, -0.15) is 11.8 Å². The van der Waals surface area contributed by atoms with E-state index in [0.717, 1.165) is 43.1 Å². The smallest absolute Gasteiger partial charge is 0.319 e. The van der Waals surface area contributed by atoms with Crippen LogP contribution in [0.4, 0.5) is 19.3 Å². The zero-order chi connectivity index (χ0) is 17.0. The summed E-state index contributed by atoms with van der Waals surface area (Å²) in [5, 5.41) is 5.29. The molecule has 2 saturated heterocycles. The molecule has 132 valence electrons. The van der Waals surface area contributed by atoms with Crippen LogP contribution in [0.5, 0.6) is 0 Å². The largest absolute Gasteiger partial charge is 0.379 e. The fourth-order valence-electron chi connectivity index (χ4n) is 3.14. The number of hydrogen-bond acceptors (Lipinski definition) is 4. The Morgan fingerprint density at radius 3 is 2.79 bits per heavy atom. The topological polar surface area (TPSA) is 53.6 Å². The number of benzene rings is 1. The van der Waals surface area contributed by atoms with Crippen LogP contribution in [-0.2, 0) is 4.74 Å². The molecule has 2 aliphatic rings. The molecule has 1 unspecified atom stereocenters. The minimum absolute atomic E-state index is 0.0323. The van der Waals surface area contributed by atoms with E-state index < -0.39 is 17.7 Å². The van der Waals surface area contributed by atoms with Gasteiger partial charge in [-0.25, -0.2) is 13.6 Å². The third-order valence-corrected chi connectivity index (χ3v) is 5.76. The number of carbonyl (C=O) groups is 1. The number of ether oxygens (including phenoxy) is 1. The summed E-state index contributed by atoms with van der Waals surface area (Å²) in [6.45, 7) is 3.63. The number of carbonyl (C=O) groups excluding carboxylic acids is 1. The lowest BCUT2D eigenvalue weighted by Gasteiger charge is -2.43. The molecule has 2 amide bonds. The molecule has 0 spiro atoms. The summed E-state index contributed by atoms with van der Waals surface area (Å²) >= 11 is 1.88. The molecule has 8 heteroatoms. The van der Waals surface area contributed by atoms with Crippen molar-refractivity contribution in [2.24, 2.45) is 0 Å². The Balaban J connectivity index is 1.59. The first-order chi connectivity index (χ1) is 11.6. The van der Waals surface area contributed by atoms with Crippen LogP contribution in [0.25, 0.3) is 0 Å². The van der Waals surface area contributed by atoms with Gasteiger partial charge in [0.25, 0.3) is 0 Å². The first-order valence-electron chi connectivity index (χ1n) is 8.00. The van der Waals surface area contributed by atoms with E-state index in [1.807, 2.05) is 11.8 Å². The van der Waals surface area contributed by atoms with Crippen LogP contribution >= 0.6 is 11.8 Å². The van der Waals surface area contributed by atoms with Crippen LogP contribution in [0.1, 0.15) is 6.42 Å². The maximum absolute atomic E-state index is 13.6. The lowest BCUT2D eigenvalue weighted by Crippen LogP contribution is -2.59. The Labute approximate surface area is 144 Å². The average Bonchev–Trinajstić information content (AvgIpc) is 3.07. The minimum Gasteiger partial charge on any atom is -0.379 e. The molecule has 2 N–H and O–H groups in total. The van der Waals surface area contributed by atoms with E-state index in [1.54, 1.807) is 0 Å². The van der Waals surface area contributed by atoms with Gasteiger partial charge in [-0.05, 0) is 24.3 Å². The van der Waals surface area contributed by atoms with Crippen molar-refractivity contribution in [3.05, 3.63) is 29.8 Å². The highest BCUT2D eigenvalue weighted by molar-refractivity contribution is 7.99. The molecule has 2 fully saturated rings. The molecule has 3 rings (SSSR count). The van der Waals surface area contributed by atoms with Crippen molar-refractivity contribution < 1.29 is 18.3 Å². The summed E-state index contributed by atoms with van der Waals surface area (Å²) in [4.78, 5) is 14.5. The molecule has 2 aliphatic heterocycles. The number of anilines is 1. The molecule has 1 atom stereocenters. The highest BCUT2D eigenvalue weighted by Crippen LogP contribution is 2.33. The number of thioether (sulfide) groups is 1. The van der Waals surface area contributed by atoms with E-state index in [4.69, 9.17) is 4.74 Å². The van der Waals surface area contributed by atoms with E-state index in [-0.39, 0.29) is 11.2 Å². The average molecular weight is 357 g/mol. The fourth-order valence-corrected chi connectivity index (χ4v) is 4.61. The van der Waals surface area contributed by atoms with E-state index in [1.165, 1.54) is 6.07 Å². The molecule has 5 nitrogen and oxygen atoms in total. The maximum atomic E-state index is 13.6. The molecular weight excluding hydrogens is 336 g/mol. The number of urea groups is 1. The fraction of sp³-hybridized carbons (Fsp3) is 0.562. The van der Waals surface area contributed by atoms with Gasteiger partial charge in [-0.15, -0.1) is 0 Å². The van der Waals surface area contributed by atoms with Gasteiger partial charge < -0.3 is 15.4 Å². The Kier molecular flexibility index (Phi) is 5.57. The Morgan fingerprint density at radius 2 is 2.12 bits per heavy atom. The standard InChI is InChI=1S/C16H21F2N3O2S/c17-12-1-2-14(13(18)9-12)20-15(22)19-10-16(3-8-24-11-16)21-4-6-23-7-5-21/h1-2,9H,3-8,10-11H2,(H2,19,20,22). The van der Waals surface area contributed by atoms with Gasteiger partial charge in [0.2, 0.25) is 0 Å². The SMILES string of the molecule is O=C(NCC1(N2CCOCC2)CCSC1)Nc1ccc(F)cc1F. The minimum atomic E-state index is -0.788. The van der Waals surface area contributed by atoms with E-state index in [2.05, 4.69) is 15.5 Å². The molecule has 0 aromatic heterocycles. The van der Waals surface area contributed by atoms with Crippen molar-refractivity contribution in [1.82, 2.24) is 10.2 Å². The number of rotatable bonds is 4. The van der Waals surface area contributed by atoms with Gasteiger partial charge in [0.15, 0.2) is 0 Å². The number of amides is 2. The lowest BCUT2D eigenvalue weighted by molar-refractivity contribution is -0.0123. The molecular formula is C16H21F2N3O2S. The first-order valence-corrected chi connectivity index (χ1v) is 9.15. The zero-order valence-corrected chi connectivity index (χ0v) is 14.1. The molecule has 2 heterocycles. The maximum Gasteiger partial charge on any atom is 0.319 e. The van der Waals surface area contributed by atoms with Gasteiger partial charge in [-0.3, -0.25) is 4.90 Å². The van der Waals surface area contributed by atoms with Crippen LogP contribution in [0.3, 0.4) is 0 Å². The molecule has 1 aromatic carbocycles. The van der Waals surface area contributed by atoms with Crippen molar-refractivity contribution >= 4 is 23.5 Å². The van der Waals surface area contributed by atoms with Crippen molar-refractivity contribution in [1.29, 1.82) is 0 Å². The van der Waals surface area contributed by atoms with E-state index in [0.29, 0.717) is 19.8 Å². The predicted octanol–water partition coefficient (Wildman–Crippen LogP) is 2.29. The van der Waals surface area contributed by atoms with E-state index in [9.17, 15) is 13.6 Å². The van der Waals surface area contributed by atoms with Crippen molar-refractivity contribution in [3.8, 4) is 0 Å². The Morgan fingerprint density at radius 1 is 1.33 bits per heavy atom. The summed E-state index contributed by atoms with van der Waals surface area (Å²) in [5.41, 5.74) is -0.109. The van der Waals surface area contributed by atoms with Gasteiger partial charge in [0, 0.05) is 37.0 Å². The Hall–Kier alpha value is -1.38. The number of halogens is 2. The zero-order valence-electron chi connectivity index (χ0n) is 13.3. The highest BCUT2D eigenvalue weighted by Gasteiger charge is 2.40. The molecule has 0 saturated carbocycles. The highest BCUT2D eigenvalue weighted by atomic mass is 32.2. The third-order valence-electron chi connectivity index (χ3n) is 4.52. The number of nitrogens with one attached hydrogen (secondary N) is 2. The molecule has 0 radical (unpaired) electrons. The summed E-state index contributed by atoms with van der Waals surface area (Å²) in [5.74, 6) is 0.558. The van der Waals surface area contributed by atoms with Gasteiger partial charge >= 0.3 is 6.03 Å². The van der Waals surface area contributed by atoms with Crippen LogP contribution < -0.4 is 10.6 Å². The van der Waals surface area contributed by atoms with E-state index >= 15 is 0 Å². The van der Waals surface area contributed by atoms with Crippen LogP contribution in [0.15, 0.2) is 18.2 Å². The van der Waals surface area contributed by atoms with Gasteiger partial charge in [-0.1, -0.05) is 0 Å². The monoisotopic (exact) mass is 357 g/mol. The quantitative estimate of drug-likeness (QED) is 0.868. The van der Waals surface area contributed by atoms with Crippen LogP contribution in [0, 0.1) is 11.6 Å². The number of hydrogen-bond donors (Lipinski definition) is 2. The van der Waals surface area contributed by atoms with Crippen LogP contribution in [-0.4, -0.2) is 60.8 Å². The summed E-state index contributed by atoms with van der Waals surface area (Å²) < 4.78 is 31.9. The van der Waals surface area contributed by atoms with Crippen molar-refractivity contribution in [2.45, 2.75) is 12.0 Å². The number of morpholine rings is 1. The van der Waals surface area contributed by atoms with Gasteiger partial charge in [0.1, 0.15) is 11.6 Å². The van der Waals surface area contributed by atoms with Crippen molar-refractivity contribution in [2.75, 3.05) is 49.7 Å². The summed E-state index contributed by atoms with van der Waals surface area (Å²) in [6, 6.07) is 2.60. The third kappa shape index (κ3) is 3.99. The molecule has 24 heavy (non-hydrogen) atoms. The summed E-state index contributed by atoms with van der Waals surface area (Å²) in [7, 11) is 0. The number of nitrogens with zero attached hydrogens (tertiary/aromatic N) is 1. The molecule has 1 aromatic rings. The van der Waals surface area contributed by atoms with Crippen molar-refractivity contribution in [3.63, 3.8) is 0 Å². The molecule has 0 bridgehead atoms. The Bertz CT molecular complexity index is 591. The predicted molar refractivity (Wildman–Crippen MR) is 90.4 cm³/mol. The second-order valence-corrected chi connectivity index (χ2v) is 7.16. The second-order valence-electron chi connectivity index (χ2n) is 6.06. The second kappa shape index (κ2) is 7.67. The van der Waals surface area contributed by atoms with Crippen LogP contribution in [0.2, 0.25) is 0 Å². The lowest BCUT2D eigenvalue weighted by atomic mass is 9.95.